The average Bonchev–Trinajstić information content (AvgIpc) is 2.78. The predicted octanol–water partition coefficient (Wildman–Crippen LogP) is 2.73. The number of para-hydroxylation sites is 1. The smallest absolute Gasteiger partial charge is 0.343 e. The van der Waals surface area contributed by atoms with E-state index < -0.39 is 5.97 Å². The Labute approximate surface area is 169 Å². The number of hydrogen-bond donors (Lipinski definition) is 1. The van der Waals surface area contributed by atoms with E-state index in [0.29, 0.717) is 37.2 Å². The van der Waals surface area contributed by atoms with E-state index in [0.717, 1.165) is 5.69 Å². The molecule has 0 aliphatic carbocycles. The Kier molecular flexibility index (Phi) is 6.84. The van der Waals surface area contributed by atoms with Gasteiger partial charge in [0.15, 0.2) is 6.61 Å². The van der Waals surface area contributed by atoms with E-state index in [-0.39, 0.29) is 24.3 Å². The number of rotatable bonds is 6. The number of esters is 1. The Morgan fingerprint density at radius 3 is 2.45 bits per heavy atom. The zero-order valence-electron chi connectivity index (χ0n) is 16.3. The van der Waals surface area contributed by atoms with Gasteiger partial charge in [-0.1, -0.05) is 24.3 Å². The summed E-state index contributed by atoms with van der Waals surface area (Å²) in [6, 6.07) is 16.1. The van der Waals surface area contributed by atoms with Gasteiger partial charge in [-0.15, -0.1) is 0 Å². The van der Waals surface area contributed by atoms with Crippen LogP contribution in [0.15, 0.2) is 54.6 Å². The van der Waals surface area contributed by atoms with Crippen molar-refractivity contribution in [2.24, 2.45) is 5.92 Å². The van der Waals surface area contributed by atoms with Crippen LogP contribution in [0.3, 0.4) is 0 Å². The molecule has 29 heavy (non-hydrogen) atoms. The Morgan fingerprint density at radius 2 is 1.76 bits per heavy atom. The summed E-state index contributed by atoms with van der Waals surface area (Å²) in [5.41, 5.74) is 1.26. The average molecular weight is 396 g/mol. The lowest BCUT2D eigenvalue weighted by atomic mass is 9.95. The van der Waals surface area contributed by atoms with Gasteiger partial charge in [-0.25, -0.2) is 4.79 Å². The van der Waals surface area contributed by atoms with Crippen LogP contribution in [0.1, 0.15) is 23.2 Å². The van der Waals surface area contributed by atoms with Gasteiger partial charge in [-0.3, -0.25) is 9.59 Å². The van der Waals surface area contributed by atoms with Gasteiger partial charge < -0.3 is 19.7 Å². The van der Waals surface area contributed by atoms with Crippen LogP contribution >= 0.6 is 0 Å². The molecule has 2 aromatic carbocycles. The third-order valence-corrected chi connectivity index (χ3v) is 4.86. The molecule has 3 rings (SSSR count). The van der Waals surface area contributed by atoms with E-state index in [1.165, 1.54) is 7.11 Å². The topological polar surface area (TPSA) is 84.9 Å². The predicted molar refractivity (Wildman–Crippen MR) is 108 cm³/mol. The quantitative estimate of drug-likeness (QED) is 0.759. The van der Waals surface area contributed by atoms with E-state index >= 15 is 0 Å². The number of piperidine rings is 1. The van der Waals surface area contributed by atoms with Crippen LogP contribution < -0.4 is 10.1 Å². The largest absolute Gasteiger partial charge is 0.482 e. The van der Waals surface area contributed by atoms with Crippen LogP contribution in [0, 0.1) is 5.92 Å². The molecule has 1 saturated heterocycles. The fourth-order valence-corrected chi connectivity index (χ4v) is 3.21. The van der Waals surface area contributed by atoms with Gasteiger partial charge in [0.2, 0.25) is 5.91 Å². The number of carbonyl (C=O) groups excluding carboxylic acids is 3. The third kappa shape index (κ3) is 5.57. The van der Waals surface area contributed by atoms with Crippen LogP contribution in [0.25, 0.3) is 0 Å². The van der Waals surface area contributed by atoms with Crippen molar-refractivity contribution in [1.29, 1.82) is 0 Å². The summed E-state index contributed by atoms with van der Waals surface area (Å²) in [5, 5.41) is 2.93. The van der Waals surface area contributed by atoms with E-state index in [2.05, 4.69) is 10.1 Å². The van der Waals surface area contributed by atoms with Crippen LogP contribution in [0.4, 0.5) is 5.69 Å². The van der Waals surface area contributed by atoms with Crippen LogP contribution in [-0.2, 0) is 14.3 Å². The SMILES string of the molecule is COC(=O)COc1cccc(C(=O)N2CCC(C(=O)Nc3ccccc3)CC2)c1. The summed E-state index contributed by atoms with van der Waals surface area (Å²) in [4.78, 5) is 38.2. The molecule has 1 aliphatic heterocycles. The van der Waals surface area contributed by atoms with Gasteiger partial charge in [-0.2, -0.15) is 0 Å². The lowest BCUT2D eigenvalue weighted by molar-refractivity contribution is -0.142. The van der Waals surface area contributed by atoms with Crippen LogP contribution in [0.5, 0.6) is 5.75 Å². The normalized spacial score (nSPS) is 14.2. The second-order valence-corrected chi connectivity index (χ2v) is 6.81. The van der Waals surface area contributed by atoms with Crippen LogP contribution in [0.2, 0.25) is 0 Å². The van der Waals surface area contributed by atoms with Gasteiger partial charge in [0.25, 0.3) is 5.91 Å². The minimum atomic E-state index is -0.488. The Hall–Kier alpha value is -3.35. The molecular formula is C22H24N2O5. The molecule has 2 aromatic rings. The number of likely N-dealkylation sites (tertiary alicyclic amines) is 1. The summed E-state index contributed by atoms with van der Waals surface area (Å²) < 4.78 is 9.88. The number of benzene rings is 2. The van der Waals surface area contributed by atoms with Crippen molar-refractivity contribution in [3.8, 4) is 5.75 Å². The number of nitrogens with zero attached hydrogens (tertiary/aromatic N) is 1. The van der Waals surface area contributed by atoms with E-state index in [4.69, 9.17) is 4.74 Å². The highest BCUT2D eigenvalue weighted by molar-refractivity contribution is 5.95. The van der Waals surface area contributed by atoms with Gasteiger partial charge in [0.1, 0.15) is 5.75 Å². The monoisotopic (exact) mass is 396 g/mol. The molecule has 0 saturated carbocycles. The number of hydrogen-bond acceptors (Lipinski definition) is 5. The van der Waals surface area contributed by atoms with Crippen LogP contribution in [-0.4, -0.2) is 49.5 Å². The van der Waals surface area contributed by atoms with E-state index in [1.807, 2.05) is 30.3 Å². The minimum absolute atomic E-state index is 0.0125. The molecule has 7 nitrogen and oxygen atoms in total. The number of anilines is 1. The molecule has 2 amide bonds. The Bertz CT molecular complexity index is 861. The molecule has 1 fully saturated rings. The standard InChI is InChI=1S/C22H24N2O5/c1-28-20(25)15-29-19-9-5-6-17(14-19)22(27)24-12-10-16(11-13-24)21(26)23-18-7-3-2-4-8-18/h2-9,14,16H,10-13,15H2,1H3,(H,23,26). The molecule has 0 atom stereocenters. The van der Waals surface area contributed by atoms with E-state index in [9.17, 15) is 14.4 Å². The lowest BCUT2D eigenvalue weighted by Crippen LogP contribution is -2.41. The zero-order valence-corrected chi connectivity index (χ0v) is 16.3. The maximum atomic E-state index is 12.8. The first-order valence-corrected chi connectivity index (χ1v) is 9.51. The molecule has 152 valence electrons. The minimum Gasteiger partial charge on any atom is -0.482 e. The van der Waals surface area contributed by atoms with Crippen molar-refractivity contribution in [2.75, 3.05) is 32.1 Å². The molecular weight excluding hydrogens is 372 g/mol. The summed E-state index contributed by atoms with van der Waals surface area (Å²) in [6.07, 6.45) is 1.23. The Morgan fingerprint density at radius 1 is 1.03 bits per heavy atom. The maximum Gasteiger partial charge on any atom is 0.343 e. The fourth-order valence-electron chi connectivity index (χ4n) is 3.21. The third-order valence-electron chi connectivity index (χ3n) is 4.86. The maximum absolute atomic E-state index is 12.8. The molecule has 0 radical (unpaired) electrons. The van der Waals surface area contributed by atoms with E-state index in [1.54, 1.807) is 29.2 Å². The summed E-state index contributed by atoms with van der Waals surface area (Å²) >= 11 is 0. The zero-order chi connectivity index (χ0) is 20.6. The van der Waals surface area contributed by atoms with Gasteiger partial charge in [0.05, 0.1) is 7.11 Å². The summed E-state index contributed by atoms with van der Waals surface area (Å²) in [7, 11) is 1.29. The van der Waals surface area contributed by atoms with Crippen molar-refractivity contribution in [2.45, 2.75) is 12.8 Å². The number of carbonyl (C=O) groups is 3. The van der Waals surface area contributed by atoms with Crippen molar-refractivity contribution in [3.63, 3.8) is 0 Å². The number of methoxy groups -OCH3 is 1. The highest BCUT2D eigenvalue weighted by Crippen LogP contribution is 2.22. The first-order valence-electron chi connectivity index (χ1n) is 9.51. The Balaban J connectivity index is 1.53. The first kappa shape index (κ1) is 20.4. The molecule has 1 heterocycles. The molecule has 7 heteroatoms. The van der Waals surface area contributed by atoms with Gasteiger partial charge in [0, 0.05) is 30.3 Å². The molecule has 1 aliphatic rings. The molecule has 0 bridgehead atoms. The second-order valence-electron chi connectivity index (χ2n) is 6.81. The lowest BCUT2D eigenvalue weighted by Gasteiger charge is -2.31. The second kappa shape index (κ2) is 9.73. The van der Waals surface area contributed by atoms with Crippen molar-refractivity contribution in [3.05, 3.63) is 60.2 Å². The van der Waals surface area contributed by atoms with Crippen molar-refractivity contribution < 1.29 is 23.9 Å². The van der Waals surface area contributed by atoms with Gasteiger partial charge in [-0.05, 0) is 43.2 Å². The van der Waals surface area contributed by atoms with Gasteiger partial charge >= 0.3 is 5.97 Å². The molecule has 0 spiro atoms. The number of amides is 2. The first-order chi connectivity index (χ1) is 14.1. The summed E-state index contributed by atoms with van der Waals surface area (Å²) in [6.45, 7) is 0.813. The number of ether oxygens (including phenoxy) is 2. The highest BCUT2D eigenvalue weighted by atomic mass is 16.6. The molecule has 1 N–H and O–H groups in total. The fraction of sp³-hybridized carbons (Fsp3) is 0.318. The van der Waals surface area contributed by atoms with Crippen molar-refractivity contribution >= 4 is 23.5 Å². The number of nitrogens with one attached hydrogen (secondary N) is 1. The van der Waals surface area contributed by atoms with Crippen molar-refractivity contribution in [1.82, 2.24) is 4.90 Å². The summed E-state index contributed by atoms with van der Waals surface area (Å²) in [5.74, 6) is -0.304. The molecule has 0 aromatic heterocycles. The highest BCUT2D eigenvalue weighted by Gasteiger charge is 2.28. The molecule has 0 unspecified atom stereocenters.